The highest BCUT2D eigenvalue weighted by atomic mass is 16.5. The minimum absolute atomic E-state index is 0.113. The zero-order valence-electron chi connectivity index (χ0n) is 20.9. The zero-order valence-corrected chi connectivity index (χ0v) is 20.9. The number of ether oxygens (including phenoxy) is 3. The second-order valence-electron chi connectivity index (χ2n) is 8.63. The smallest absolute Gasteiger partial charge is 0.335 e. The van der Waals surface area contributed by atoms with E-state index in [9.17, 15) is 19.8 Å². The number of hydrogen-bond donors (Lipinski definition) is 2. The Hall–Kier alpha value is -3.22. The van der Waals surface area contributed by atoms with Crippen LogP contribution in [0.15, 0.2) is 36.4 Å². The first kappa shape index (κ1) is 28.0. The molecule has 0 radical (unpaired) electrons. The Kier molecular flexibility index (Phi) is 12.5. The van der Waals surface area contributed by atoms with Gasteiger partial charge in [-0.05, 0) is 48.7 Å². The molecule has 192 valence electrons. The van der Waals surface area contributed by atoms with Gasteiger partial charge in [0, 0.05) is 6.07 Å². The van der Waals surface area contributed by atoms with Gasteiger partial charge in [-0.25, -0.2) is 9.59 Å². The lowest BCUT2D eigenvalue weighted by Crippen LogP contribution is -2.05. The van der Waals surface area contributed by atoms with Crippen molar-refractivity contribution in [2.75, 3.05) is 13.2 Å². The summed E-state index contributed by atoms with van der Waals surface area (Å²) in [5, 5.41) is 18.6. The van der Waals surface area contributed by atoms with Crippen molar-refractivity contribution >= 4 is 11.9 Å². The second-order valence-corrected chi connectivity index (χ2v) is 8.63. The summed E-state index contributed by atoms with van der Waals surface area (Å²) in [4.78, 5) is 22.7. The van der Waals surface area contributed by atoms with Crippen molar-refractivity contribution < 1.29 is 34.0 Å². The van der Waals surface area contributed by atoms with Crippen LogP contribution in [0.25, 0.3) is 0 Å². The summed E-state index contributed by atoms with van der Waals surface area (Å²) in [6.45, 7) is 5.70. The van der Waals surface area contributed by atoms with Crippen molar-refractivity contribution in [3.8, 4) is 17.2 Å². The first-order valence-electron chi connectivity index (χ1n) is 12.6. The summed E-state index contributed by atoms with van der Waals surface area (Å²) in [6.07, 6.45) is 10.2. The van der Waals surface area contributed by atoms with Gasteiger partial charge in [0.05, 0.1) is 24.3 Å². The molecule has 0 aliphatic heterocycles. The molecular formula is C28H38O7. The van der Waals surface area contributed by atoms with Crippen LogP contribution >= 0.6 is 0 Å². The fourth-order valence-electron chi connectivity index (χ4n) is 3.59. The summed E-state index contributed by atoms with van der Waals surface area (Å²) in [7, 11) is 0. The van der Waals surface area contributed by atoms with E-state index in [1.165, 1.54) is 37.8 Å². The molecule has 0 spiro atoms. The normalized spacial score (nSPS) is 10.7. The molecule has 2 rings (SSSR count). The quantitative estimate of drug-likeness (QED) is 0.219. The molecule has 35 heavy (non-hydrogen) atoms. The van der Waals surface area contributed by atoms with Crippen LogP contribution in [0.3, 0.4) is 0 Å². The summed E-state index contributed by atoms with van der Waals surface area (Å²) < 4.78 is 17.7. The molecule has 0 unspecified atom stereocenters. The molecule has 0 aromatic heterocycles. The Balaban J connectivity index is 2.09. The molecule has 0 fully saturated rings. The first-order valence-corrected chi connectivity index (χ1v) is 12.6. The van der Waals surface area contributed by atoms with Crippen molar-refractivity contribution in [2.45, 2.75) is 78.2 Å². The Labute approximate surface area is 208 Å². The van der Waals surface area contributed by atoms with Gasteiger partial charge in [-0.2, -0.15) is 0 Å². The Morgan fingerprint density at radius 2 is 1.06 bits per heavy atom. The van der Waals surface area contributed by atoms with Gasteiger partial charge in [0.25, 0.3) is 0 Å². The van der Waals surface area contributed by atoms with Crippen molar-refractivity contribution in [3.05, 3.63) is 53.1 Å². The average molecular weight is 487 g/mol. The molecule has 0 amide bonds. The van der Waals surface area contributed by atoms with E-state index < -0.39 is 11.9 Å². The van der Waals surface area contributed by atoms with Crippen LogP contribution in [0.5, 0.6) is 17.2 Å². The number of benzene rings is 2. The van der Waals surface area contributed by atoms with E-state index >= 15 is 0 Å². The van der Waals surface area contributed by atoms with Crippen LogP contribution in [0, 0.1) is 0 Å². The molecule has 0 saturated carbocycles. The van der Waals surface area contributed by atoms with Crippen molar-refractivity contribution in [1.29, 1.82) is 0 Å². The van der Waals surface area contributed by atoms with Crippen LogP contribution in [0.2, 0.25) is 0 Å². The Morgan fingerprint density at radius 3 is 1.54 bits per heavy atom. The maximum atomic E-state index is 11.4. The highest BCUT2D eigenvalue weighted by Gasteiger charge is 2.13. The second kappa shape index (κ2) is 15.6. The summed E-state index contributed by atoms with van der Waals surface area (Å²) in [5.74, 6) is -0.881. The van der Waals surface area contributed by atoms with Crippen molar-refractivity contribution in [1.82, 2.24) is 0 Å². The Morgan fingerprint density at radius 1 is 0.600 bits per heavy atom. The highest BCUT2D eigenvalue weighted by molar-refractivity contribution is 5.94. The maximum absolute atomic E-state index is 11.4. The van der Waals surface area contributed by atoms with E-state index in [2.05, 4.69) is 13.8 Å². The Bertz CT molecular complexity index is 907. The van der Waals surface area contributed by atoms with E-state index in [0.717, 1.165) is 43.7 Å². The minimum Gasteiger partial charge on any atom is -0.493 e. The maximum Gasteiger partial charge on any atom is 0.335 e. The number of aromatic carboxylic acids is 2. The predicted molar refractivity (Wildman–Crippen MR) is 135 cm³/mol. The number of carbonyl (C=O) groups is 2. The van der Waals surface area contributed by atoms with E-state index in [4.69, 9.17) is 14.2 Å². The molecular weight excluding hydrogens is 448 g/mol. The third kappa shape index (κ3) is 10.7. The van der Waals surface area contributed by atoms with Gasteiger partial charge in [0.2, 0.25) is 0 Å². The summed E-state index contributed by atoms with van der Waals surface area (Å²) in [6, 6.07) is 9.36. The minimum atomic E-state index is -1.22. The molecule has 0 saturated heterocycles. The highest BCUT2D eigenvalue weighted by Crippen LogP contribution is 2.26. The average Bonchev–Trinajstić information content (AvgIpc) is 2.84. The van der Waals surface area contributed by atoms with Crippen LogP contribution in [0.4, 0.5) is 0 Å². The number of hydrogen-bond acceptors (Lipinski definition) is 5. The van der Waals surface area contributed by atoms with Crippen LogP contribution in [0.1, 0.15) is 97.9 Å². The van der Waals surface area contributed by atoms with Gasteiger partial charge in [0.1, 0.15) is 23.9 Å². The van der Waals surface area contributed by atoms with Gasteiger partial charge < -0.3 is 24.4 Å². The van der Waals surface area contributed by atoms with Crippen molar-refractivity contribution in [2.24, 2.45) is 0 Å². The lowest BCUT2D eigenvalue weighted by atomic mass is 10.1. The third-order valence-electron chi connectivity index (χ3n) is 5.53. The van der Waals surface area contributed by atoms with Gasteiger partial charge in [0.15, 0.2) is 0 Å². The fraction of sp³-hybridized carbons (Fsp3) is 0.500. The summed E-state index contributed by atoms with van der Waals surface area (Å²) in [5.41, 5.74) is 0.502. The largest absolute Gasteiger partial charge is 0.493 e. The molecule has 0 bridgehead atoms. The molecule has 0 aliphatic rings. The topological polar surface area (TPSA) is 102 Å². The first-order chi connectivity index (χ1) is 16.9. The van der Waals surface area contributed by atoms with Gasteiger partial charge in [-0.1, -0.05) is 58.8 Å². The van der Waals surface area contributed by atoms with Crippen LogP contribution in [-0.2, 0) is 6.61 Å². The van der Waals surface area contributed by atoms with E-state index in [1.807, 2.05) is 18.2 Å². The van der Waals surface area contributed by atoms with Gasteiger partial charge in [-0.3, -0.25) is 0 Å². The van der Waals surface area contributed by atoms with Gasteiger partial charge >= 0.3 is 11.9 Å². The summed E-state index contributed by atoms with van der Waals surface area (Å²) >= 11 is 0. The zero-order chi connectivity index (χ0) is 25.5. The van der Waals surface area contributed by atoms with E-state index in [1.54, 1.807) is 0 Å². The van der Waals surface area contributed by atoms with Crippen molar-refractivity contribution in [3.63, 3.8) is 0 Å². The monoisotopic (exact) mass is 486 g/mol. The fourth-order valence-corrected chi connectivity index (χ4v) is 3.59. The van der Waals surface area contributed by atoms with Gasteiger partial charge in [-0.15, -0.1) is 0 Å². The molecule has 0 heterocycles. The number of carboxylic acids is 2. The number of rotatable bonds is 18. The molecule has 2 aromatic carbocycles. The molecule has 2 aromatic rings. The predicted octanol–water partition coefficient (Wildman–Crippen LogP) is 6.97. The molecule has 7 nitrogen and oxygen atoms in total. The molecule has 2 N–H and O–H groups in total. The van der Waals surface area contributed by atoms with Crippen LogP contribution in [-0.4, -0.2) is 35.4 Å². The lowest BCUT2D eigenvalue weighted by molar-refractivity contribution is 0.0696. The SMILES string of the molecule is CCCCCCCOc1cc(COc2cc(C(=O)O)cc(C(=O)O)c2)cc(OCCCCCC)c1. The van der Waals surface area contributed by atoms with E-state index in [-0.39, 0.29) is 23.5 Å². The van der Waals surface area contributed by atoms with E-state index in [0.29, 0.717) is 24.7 Å². The molecule has 0 atom stereocenters. The third-order valence-corrected chi connectivity index (χ3v) is 5.53. The molecule has 7 heteroatoms. The molecule has 0 aliphatic carbocycles. The lowest BCUT2D eigenvalue weighted by Gasteiger charge is -2.14. The number of carboxylic acid groups (broad SMARTS) is 2. The number of unbranched alkanes of at least 4 members (excludes halogenated alkanes) is 7. The standard InChI is InChI=1S/C28H38O7/c1-3-5-7-9-11-13-34-25-15-21(14-24(19-25)33-12-10-8-6-4-2)20-35-26-17-22(27(29)30)16-23(18-26)28(31)32/h14-19H,3-13,20H2,1-2H3,(H,29,30)(H,31,32). The van der Waals surface area contributed by atoms with Crippen LogP contribution < -0.4 is 14.2 Å².